The maximum absolute atomic E-state index is 11.7. The summed E-state index contributed by atoms with van der Waals surface area (Å²) in [7, 11) is 0. The van der Waals surface area contributed by atoms with Crippen molar-refractivity contribution in [3.05, 3.63) is 65.5 Å². The zero-order valence-corrected chi connectivity index (χ0v) is 11.8. The number of pyridine rings is 1. The Bertz CT molecular complexity index is 561. The molecule has 0 bridgehead atoms. The van der Waals surface area contributed by atoms with Crippen LogP contribution in [-0.4, -0.2) is 18.2 Å². The van der Waals surface area contributed by atoms with Crippen molar-refractivity contribution in [3.8, 4) is 0 Å². The maximum Gasteiger partial charge on any atom is 0.251 e. The molecule has 1 amide bonds. The zero-order chi connectivity index (χ0) is 14.2. The third-order valence-corrected chi connectivity index (χ3v) is 3.74. The maximum atomic E-state index is 11.7. The lowest BCUT2D eigenvalue weighted by Gasteiger charge is -2.05. The van der Waals surface area contributed by atoms with Crippen LogP contribution in [0.25, 0.3) is 0 Å². The molecule has 0 atom stereocenters. The molecule has 5 heteroatoms. The van der Waals surface area contributed by atoms with E-state index in [-0.39, 0.29) is 11.7 Å². The van der Waals surface area contributed by atoms with Crippen molar-refractivity contribution in [1.82, 2.24) is 5.32 Å². The van der Waals surface area contributed by atoms with Crippen LogP contribution in [0.5, 0.6) is 0 Å². The van der Waals surface area contributed by atoms with Gasteiger partial charge in [-0.3, -0.25) is 4.79 Å². The third kappa shape index (κ3) is 4.59. The lowest BCUT2D eigenvalue weighted by Crippen LogP contribution is -2.30. The number of hydrogen-bond donors (Lipinski definition) is 1. The molecule has 0 aliphatic heterocycles. The van der Waals surface area contributed by atoms with Crippen molar-refractivity contribution in [2.45, 2.75) is 11.4 Å². The molecule has 1 aromatic heterocycles. The molecule has 0 fully saturated rings. The highest BCUT2D eigenvalue weighted by Crippen LogP contribution is 2.11. The van der Waals surface area contributed by atoms with Gasteiger partial charge in [-0.15, -0.1) is 0 Å². The number of nitrogens with one attached hydrogen (secondary N) is 1. The Morgan fingerprint density at radius 1 is 1.15 bits per heavy atom. The van der Waals surface area contributed by atoms with Crippen LogP contribution in [0, 0.1) is 5.21 Å². The van der Waals surface area contributed by atoms with Gasteiger partial charge in [0, 0.05) is 18.7 Å². The van der Waals surface area contributed by atoms with Crippen LogP contribution in [0.2, 0.25) is 0 Å². The van der Waals surface area contributed by atoms with E-state index in [0.29, 0.717) is 11.6 Å². The largest absolute Gasteiger partial charge is 0.618 e. The van der Waals surface area contributed by atoms with Crippen molar-refractivity contribution in [1.29, 1.82) is 0 Å². The van der Waals surface area contributed by atoms with E-state index in [1.54, 1.807) is 18.2 Å². The molecule has 20 heavy (non-hydrogen) atoms. The Hall–Kier alpha value is -2.01. The summed E-state index contributed by atoms with van der Waals surface area (Å²) in [6.45, 7) is 0.607. The first kappa shape index (κ1) is 14.4. The van der Waals surface area contributed by atoms with Crippen LogP contribution in [0.3, 0.4) is 0 Å². The van der Waals surface area contributed by atoms with E-state index in [4.69, 9.17) is 0 Å². The molecule has 2 rings (SSSR count). The summed E-state index contributed by atoms with van der Waals surface area (Å²) in [6, 6.07) is 15.1. The lowest BCUT2D eigenvalue weighted by molar-refractivity contribution is -0.645. The van der Waals surface area contributed by atoms with Gasteiger partial charge >= 0.3 is 0 Å². The average molecular weight is 288 g/mol. The summed E-state index contributed by atoms with van der Waals surface area (Å²) in [4.78, 5) is 11.7. The Labute approximate surface area is 122 Å². The number of amides is 1. The molecule has 0 aliphatic carbocycles. The molecule has 1 aromatic carbocycles. The fourth-order valence-corrected chi connectivity index (χ4v) is 2.45. The number of carbonyl (C=O) groups excluding carboxylic acids is 1. The number of hydrogen-bond acceptors (Lipinski definition) is 3. The van der Waals surface area contributed by atoms with Gasteiger partial charge in [0.15, 0.2) is 6.20 Å². The molecule has 0 saturated heterocycles. The Morgan fingerprint density at radius 3 is 2.65 bits per heavy atom. The highest BCUT2D eigenvalue weighted by Gasteiger charge is 2.08. The second-order valence-electron chi connectivity index (χ2n) is 4.24. The number of benzene rings is 1. The number of carbonyl (C=O) groups is 1. The minimum absolute atomic E-state index is 0.0604. The van der Waals surface area contributed by atoms with E-state index in [0.717, 1.165) is 11.2 Å². The van der Waals surface area contributed by atoms with Crippen LogP contribution in [0.15, 0.2) is 59.8 Å². The van der Waals surface area contributed by atoms with Crippen LogP contribution in [0.1, 0.15) is 5.56 Å². The van der Waals surface area contributed by atoms with E-state index >= 15 is 0 Å². The molecule has 1 N–H and O–H groups in total. The lowest BCUT2D eigenvalue weighted by atomic mass is 10.1. The number of rotatable bonds is 6. The van der Waals surface area contributed by atoms with Crippen molar-refractivity contribution in [2.24, 2.45) is 0 Å². The van der Waals surface area contributed by atoms with Gasteiger partial charge in [-0.1, -0.05) is 30.3 Å². The summed E-state index contributed by atoms with van der Waals surface area (Å²) < 4.78 is 0.766. The second-order valence-corrected chi connectivity index (χ2v) is 5.23. The first-order valence-electron chi connectivity index (χ1n) is 6.37. The van der Waals surface area contributed by atoms with Crippen LogP contribution in [-0.2, 0) is 11.2 Å². The topological polar surface area (TPSA) is 56.0 Å². The van der Waals surface area contributed by atoms with E-state index in [9.17, 15) is 10.0 Å². The molecule has 104 valence electrons. The highest BCUT2D eigenvalue weighted by molar-refractivity contribution is 7.99. The van der Waals surface area contributed by atoms with Gasteiger partial charge in [-0.25, -0.2) is 0 Å². The zero-order valence-electron chi connectivity index (χ0n) is 11.0. The number of aromatic nitrogens is 1. The molecule has 1 heterocycles. The minimum atomic E-state index is -0.0604. The predicted octanol–water partition coefficient (Wildman–Crippen LogP) is 1.77. The quantitative estimate of drug-likeness (QED) is 0.501. The van der Waals surface area contributed by atoms with Crippen molar-refractivity contribution < 1.29 is 9.52 Å². The van der Waals surface area contributed by atoms with E-state index in [1.807, 2.05) is 30.3 Å². The third-order valence-electron chi connectivity index (χ3n) is 2.72. The highest BCUT2D eigenvalue weighted by atomic mass is 32.2. The van der Waals surface area contributed by atoms with Gasteiger partial charge in [0.1, 0.15) is 0 Å². The minimum Gasteiger partial charge on any atom is -0.618 e. The number of thioether (sulfide) groups is 1. The summed E-state index contributed by atoms with van der Waals surface area (Å²) in [6.07, 6.45) is 2.24. The molecule has 0 radical (unpaired) electrons. The van der Waals surface area contributed by atoms with Crippen LogP contribution in [0.4, 0.5) is 0 Å². The van der Waals surface area contributed by atoms with Crippen LogP contribution >= 0.6 is 11.8 Å². The number of nitrogens with zero attached hydrogens (tertiary/aromatic N) is 1. The fourth-order valence-electron chi connectivity index (χ4n) is 1.71. The van der Waals surface area contributed by atoms with Crippen molar-refractivity contribution >= 4 is 17.7 Å². The average Bonchev–Trinajstić information content (AvgIpc) is 2.47. The first-order chi connectivity index (χ1) is 9.75. The van der Waals surface area contributed by atoms with Crippen molar-refractivity contribution in [3.63, 3.8) is 0 Å². The van der Waals surface area contributed by atoms with E-state index in [2.05, 4.69) is 5.32 Å². The molecule has 0 unspecified atom stereocenters. The summed E-state index contributed by atoms with van der Waals surface area (Å²) in [5, 5.41) is 14.8. The van der Waals surface area contributed by atoms with E-state index < -0.39 is 0 Å². The molecular formula is C15H16N2O2S. The van der Waals surface area contributed by atoms with Gasteiger partial charge in [-0.05, 0) is 29.8 Å². The SMILES string of the molecule is O=C(CSc1cccc[n+]1[O-])NCCc1ccccc1. The van der Waals surface area contributed by atoms with Gasteiger partial charge in [0.05, 0.1) is 5.75 Å². The molecular weight excluding hydrogens is 272 g/mol. The van der Waals surface area contributed by atoms with Gasteiger partial charge in [-0.2, -0.15) is 4.73 Å². The Balaban J connectivity index is 1.70. The fraction of sp³-hybridized carbons (Fsp3) is 0.200. The normalized spacial score (nSPS) is 10.2. The summed E-state index contributed by atoms with van der Waals surface area (Å²) in [5.74, 6) is 0.191. The monoisotopic (exact) mass is 288 g/mol. The smallest absolute Gasteiger partial charge is 0.251 e. The molecule has 0 saturated carbocycles. The Kier molecular flexibility index (Phi) is 5.43. The van der Waals surface area contributed by atoms with Crippen LogP contribution < -0.4 is 10.0 Å². The molecule has 0 spiro atoms. The second kappa shape index (κ2) is 7.55. The first-order valence-corrected chi connectivity index (χ1v) is 7.36. The summed E-state index contributed by atoms with van der Waals surface area (Å²) in [5.41, 5.74) is 1.20. The van der Waals surface area contributed by atoms with Gasteiger partial charge in [0.25, 0.3) is 5.03 Å². The predicted molar refractivity (Wildman–Crippen MR) is 79.3 cm³/mol. The standard InChI is InChI=1S/C15H16N2O2S/c18-14(12-20-15-8-4-5-11-17(15)19)16-10-9-13-6-2-1-3-7-13/h1-8,11H,9-10,12H2,(H,16,18). The Morgan fingerprint density at radius 2 is 1.90 bits per heavy atom. The van der Waals surface area contributed by atoms with E-state index in [1.165, 1.54) is 23.5 Å². The molecule has 4 nitrogen and oxygen atoms in total. The molecule has 0 aliphatic rings. The van der Waals surface area contributed by atoms with Crippen molar-refractivity contribution in [2.75, 3.05) is 12.3 Å². The summed E-state index contributed by atoms with van der Waals surface area (Å²) >= 11 is 1.24. The molecule has 2 aromatic rings. The van der Waals surface area contributed by atoms with Gasteiger partial charge < -0.3 is 10.5 Å². The van der Waals surface area contributed by atoms with Gasteiger partial charge in [0.2, 0.25) is 5.91 Å².